The first-order valence-corrected chi connectivity index (χ1v) is 9.57. The maximum Gasteiger partial charge on any atom is 0.367 e. The molecule has 0 bridgehead atoms. The van der Waals surface area contributed by atoms with Crippen LogP contribution in [-0.4, -0.2) is 63.2 Å². The molecule has 0 atom stereocenters. The molecule has 0 saturated heterocycles. The maximum absolute atomic E-state index is 12.2. The van der Waals surface area contributed by atoms with Gasteiger partial charge >= 0.3 is 5.97 Å². The summed E-state index contributed by atoms with van der Waals surface area (Å²) in [4.78, 5) is 24.2. The Hall–Kier alpha value is -3.29. The lowest BCUT2D eigenvalue weighted by Gasteiger charge is -2.22. The number of hydrogen-bond acceptors (Lipinski definition) is 6. The number of carbonyl (C=O) groups excluding carboxylic acids is 2. The molecule has 1 N–H and O–H groups in total. The van der Waals surface area contributed by atoms with Gasteiger partial charge in [-0.2, -0.15) is 0 Å². The van der Waals surface area contributed by atoms with Crippen molar-refractivity contribution in [3.05, 3.63) is 59.7 Å². The molecule has 0 heterocycles. The van der Waals surface area contributed by atoms with Crippen molar-refractivity contribution in [3.63, 3.8) is 0 Å². The summed E-state index contributed by atoms with van der Waals surface area (Å²) in [6, 6.07) is 9.86. The highest BCUT2D eigenvalue weighted by atomic mass is 35.5. The van der Waals surface area contributed by atoms with Crippen LogP contribution >= 0.6 is 0 Å². The summed E-state index contributed by atoms with van der Waals surface area (Å²) in [6.45, 7) is 0.221. The minimum Gasteiger partial charge on any atom is -1.00 e. The number of quaternary nitrogens is 1. The van der Waals surface area contributed by atoms with Crippen LogP contribution in [0.15, 0.2) is 48.6 Å². The van der Waals surface area contributed by atoms with E-state index in [1.54, 1.807) is 42.5 Å². The zero-order chi connectivity index (χ0) is 23.0. The lowest BCUT2D eigenvalue weighted by molar-refractivity contribution is -0.862. The normalized spacial score (nSPS) is 11.3. The Morgan fingerprint density at radius 2 is 1.41 bits per heavy atom. The molecular weight excluding hydrogens is 434 g/mol. The van der Waals surface area contributed by atoms with Crippen LogP contribution in [0.5, 0.6) is 23.0 Å². The van der Waals surface area contributed by atoms with Gasteiger partial charge in [-0.15, -0.1) is 0 Å². The van der Waals surface area contributed by atoms with Crippen molar-refractivity contribution in [2.75, 3.05) is 41.9 Å². The van der Waals surface area contributed by atoms with Gasteiger partial charge in [0.15, 0.2) is 35.3 Å². The molecule has 2 aromatic carbocycles. The number of rotatable bonds is 9. The number of phenolic OH excluding ortho intramolecular Hbond substituents is 1. The molecule has 172 valence electrons. The second kappa shape index (κ2) is 11.9. The van der Waals surface area contributed by atoms with E-state index >= 15 is 0 Å². The Balaban J connectivity index is 0.00000512. The van der Waals surface area contributed by atoms with Crippen LogP contribution < -0.4 is 26.6 Å². The maximum atomic E-state index is 12.2. The van der Waals surface area contributed by atoms with Gasteiger partial charge in [-0.3, -0.25) is 4.79 Å². The number of aromatic hydroxyl groups is 1. The smallest absolute Gasteiger partial charge is 0.367 e. The van der Waals surface area contributed by atoms with Gasteiger partial charge in [0.05, 0.1) is 35.4 Å². The SMILES string of the molecule is COc1cc(/C=C/C(=O)/C=C/c2ccc(OC(=O)C[N+](C)(C)C)c(OC)c2)ccc1O.[Cl-]. The van der Waals surface area contributed by atoms with Crippen molar-refractivity contribution in [1.29, 1.82) is 0 Å². The average molecular weight is 462 g/mol. The molecule has 0 radical (unpaired) electrons. The van der Waals surface area contributed by atoms with Crippen LogP contribution in [0.4, 0.5) is 0 Å². The van der Waals surface area contributed by atoms with Crippen molar-refractivity contribution in [2.45, 2.75) is 0 Å². The van der Waals surface area contributed by atoms with Crippen molar-refractivity contribution >= 4 is 23.9 Å². The molecule has 0 saturated carbocycles. The zero-order valence-electron chi connectivity index (χ0n) is 18.8. The topological polar surface area (TPSA) is 82.1 Å². The summed E-state index contributed by atoms with van der Waals surface area (Å²) in [5, 5.41) is 9.62. The van der Waals surface area contributed by atoms with Crippen molar-refractivity contribution in [2.24, 2.45) is 0 Å². The summed E-state index contributed by atoms with van der Waals surface area (Å²) >= 11 is 0. The first-order valence-electron chi connectivity index (χ1n) is 9.57. The molecule has 0 amide bonds. The monoisotopic (exact) mass is 461 g/mol. The second-order valence-electron chi connectivity index (χ2n) is 7.83. The molecule has 7 nitrogen and oxygen atoms in total. The zero-order valence-corrected chi connectivity index (χ0v) is 19.6. The van der Waals surface area contributed by atoms with Crippen molar-refractivity contribution in [3.8, 4) is 23.0 Å². The van der Waals surface area contributed by atoms with Gasteiger partial charge in [0.2, 0.25) is 0 Å². The highest BCUT2D eigenvalue weighted by molar-refractivity contribution is 6.04. The molecule has 0 aliphatic heterocycles. The fraction of sp³-hybridized carbons (Fsp3) is 0.250. The molecular formula is C24H28ClNO6. The Bertz CT molecular complexity index is 1010. The molecule has 8 heteroatoms. The van der Waals surface area contributed by atoms with E-state index in [0.29, 0.717) is 21.7 Å². The van der Waals surface area contributed by atoms with Gasteiger partial charge in [-0.25, -0.2) is 4.79 Å². The van der Waals surface area contributed by atoms with Crippen LogP contribution in [0.3, 0.4) is 0 Å². The Labute approximate surface area is 194 Å². The lowest BCUT2D eigenvalue weighted by Crippen LogP contribution is -3.00. The Morgan fingerprint density at radius 1 is 0.875 bits per heavy atom. The third-order valence-electron chi connectivity index (χ3n) is 4.10. The molecule has 0 aromatic heterocycles. The van der Waals surface area contributed by atoms with Gasteiger partial charge in [0, 0.05) is 0 Å². The van der Waals surface area contributed by atoms with E-state index in [4.69, 9.17) is 14.2 Å². The minimum atomic E-state index is -0.361. The fourth-order valence-electron chi connectivity index (χ4n) is 2.62. The van der Waals surface area contributed by atoms with Crippen molar-refractivity contribution < 1.29 is 45.8 Å². The Kier molecular flexibility index (Phi) is 9.97. The van der Waals surface area contributed by atoms with Crippen LogP contribution in [-0.2, 0) is 9.59 Å². The highest BCUT2D eigenvalue weighted by Crippen LogP contribution is 2.29. The molecule has 0 spiro atoms. The summed E-state index contributed by atoms with van der Waals surface area (Å²) in [6.07, 6.45) is 6.11. The van der Waals surface area contributed by atoms with Crippen LogP contribution in [0.2, 0.25) is 0 Å². The number of phenols is 1. The van der Waals surface area contributed by atoms with Gasteiger partial charge in [0.1, 0.15) is 0 Å². The molecule has 2 rings (SSSR count). The van der Waals surface area contributed by atoms with Crippen molar-refractivity contribution in [1.82, 2.24) is 0 Å². The minimum absolute atomic E-state index is 0. The van der Waals surface area contributed by atoms with Gasteiger partial charge in [0.25, 0.3) is 0 Å². The number of hydrogen-bond donors (Lipinski definition) is 1. The number of carbonyl (C=O) groups is 2. The van der Waals surface area contributed by atoms with Crippen LogP contribution in [0.25, 0.3) is 12.2 Å². The number of ketones is 1. The van der Waals surface area contributed by atoms with E-state index < -0.39 is 0 Å². The third-order valence-corrected chi connectivity index (χ3v) is 4.10. The second-order valence-corrected chi connectivity index (χ2v) is 7.83. The van der Waals surface area contributed by atoms with E-state index in [-0.39, 0.29) is 36.5 Å². The number of ether oxygens (including phenoxy) is 3. The molecule has 32 heavy (non-hydrogen) atoms. The number of halogens is 1. The predicted molar refractivity (Wildman–Crippen MR) is 119 cm³/mol. The van der Waals surface area contributed by atoms with E-state index in [2.05, 4.69) is 0 Å². The number of nitrogens with zero attached hydrogens (tertiary/aromatic N) is 1. The van der Waals surface area contributed by atoms with E-state index in [0.717, 1.165) is 11.1 Å². The number of benzene rings is 2. The third kappa shape index (κ3) is 8.45. The number of allylic oxidation sites excluding steroid dienone is 2. The summed E-state index contributed by atoms with van der Waals surface area (Å²) in [5.74, 6) is 0.511. The van der Waals surface area contributed by atoms with E-state index in [9.17, 15) is 14.7 Å². The summed E-state index contributed by atoms with van der Waals surface area (Å²) in [5.41, 5.74) is 1.44. The first kappa shape index (κ1) is 26.7. The van der Waals surface area contributed by atoms with Gasteiger partial charge in [-0.05, 0) is 47.5 Å². The lowest BCUT2D eigenvalue weighted by atomic mass is 10.1. The fourth-order valence-corrected chi connectivity index (χ4v) is 2.62. The molecule has 0 aliphatic rings. The molecule has 0 unspecified atom stereocenters. The largest absolute Gasteiger partial charge is 1.00 e. The van der Waals surface area contributed by atoms with Gasteiger partial charge in [-0.1, -0.05) is 24.3 Å². The highest BCUT2D eigenvalue weighted by Gasteiger charge is 2.18. The summed E-state index contributed by atoms with van der Waals surface area (Å²) in [7, 11) is 8.64. The molecule has 0 fully saturated rings. The van der Waals surface area contributed by atoms with Crippen LogP contribution in [0.1, 0.15) is 11.1 Å². The Morgan fingerprint density at radius 3 is 1.94 bits per heavy atom. The van der Waals surface area contributed by atoms with E-state index in [1.165, 1.54) is 32.4 Å². The standard InChI is InChI=1S/C24H27NO6.ClH/c1-25(2,3)16-24(28)31-21-13-9-18(15-23(21)30-5)7-11-19(26)10-6-17-8-12-20(27)22(14-17)29-4;/h6-15H,16H2,1-5H3;1H/b11-7+;. The predicted octanol–water partition coefficient (Wildman–Crippen LogP) is 0.321. The first-order chi connectivity index (χ1) is 14.6. The summed E-state index contributed by atoms with van der Waals surface area (Å²) < 4.78 is 16.2. The molecule has 0 aliphatic carbocycles. The van der Waals surface area contributed by atoms with Crippen LogP contribution in [0, 0.1) is 0 Å². The average Bonchev–Trinajstić information content (AvgIpc) is 2.70. The number of likely N-dealkylation sites (N-methyl/N-ethyl adjacent to an activating group) is 1. The number of esters is 1. The molecule has 2 aromatic rings. The van der Waals surface area contributed by atoms with E-state index in [1.807, 2.05) is 21.1 Å². The van der Waals surface area contributed by atoms with Gasteiger partial charge < -0.3 is 36.2 Å². The quantitative estimate of drug-likeness (QED) is 0.251. The number of methoxy groups -OCH3 is 2.